The highest BCUT2D eigenvalue weighted by Gasteiger charge is 2.22. The average Bonchev–Trinajstić information content (AvgIpc) is 2.93. The number of methoxy groups -OCH3 is 1. The number of esters is 1. The molecule has 6 nitrogen and oxygen atoms in total. The average molecular weight is 368 g/mol. The minimum absolute atomic E-state index is 0.0943. The SMILES string of the molecule is COc1cc(/C=C2\SC(=N)NC2=O)ccc1OC(=O)c1ccc(C)cc1. The van der Waals surface area contributed by atoms with Crippen molar-refractivity contribution in [2.24, 2.45) is 0 Å². The molecule has 1 heterocycles. The molecule has 26 heavy (non-hydrogen) atoms. The van der Waals surface area contributed by atoms with Gasteiger partial charge in [-0.1, -0.05) is 23.8 Å². The van der Waals surface area contributed by atoms with Crippen LogP contribution < -0.4 is 14.8 Å². The van der Waals surface area contributed by atoms with E-state index in [1.54, 1.807) is 36.4 Å². The molecule has 132 valence electrons. The summed E-state index contributed by atoms with van der Waals surface area (Å²) in [6.45, 7) is 1.94. The molecule has 1 amide bonds. The van der Waals surface area contributed by atoms with Crippen molar-refractivity contribution < 1.29 is 19.1 Å². The number of hydrogen-bond donors (Lipinski definition) is 2. The number of nitrogens with one attached hydrogen (secondary N) is 2. The van der Waals surface area contributed by atoms with Gasteiger partial charge in [0, 0.05) is 0 Å². The van der Waals surface area contributed by atoms with Crippen LogP contribution >= 0.6 is 11.8 Å². The van der Waals surface area contributed by atoms with E-state index in [0.29, 0.717) is 21.8 Å². The highest BCUT2D eigenvalue weighted by molar-refractivity contribution is 8.18. The standard InChI is InChI=1S/C19H16N2O4S/c1-11-3-6-13(7-4-11)18(23)25-14-8-5-12(9-15(14)24-2)10-16-17(22)21-19(20)26-16/h3-10H,1-2H3,(H2,20,21,22)/b16-10-. The fourth-order valence-corrected chi connectivity index (χ4v) is 3.00. The molecular formula is C19H16N2O4S. The van der Waals surface area contributed by atoms with Crippen molar-refractivity contribution in [2.75, 3.05) is 7.11 Å². The van der Waals surface area contributed by atoms with Gasteiger partial charge in [0.25, 0.3) is 5.91 Å². The van der Waals surface area contributed by atoms with Gasteiger partial charge in [-0.05, 0) is 54.6 Å². The fraction of sp³-hybridized carbons (Fsp3) is 0.105. The molecule has 2 aromatic carbocycles. The molecule has 2 N–H and O–H groups in total. The predicted octanol–water partition coefficient (Wildman–Crippen LogP) is 3.36. The molecule has 0 atom stereocenters. The van der Waals surface area contributed by atoms with Crippen LogP contribution in [0.4, 0.5) is 0 Å². The van der Waals surface area contributed by atoms with Crippen molar-refractivity contribution >= 4 is 34.9 Å². The summed E-state index contributed by atoms with van der Waals surface area (Å²) < 4.78 is 10.7. The summed E-state index contributed by atoms with van der Waals surface area (Å²) in [6, 6.07) is 12.1. The predicted molar refractivity (Wildman–Crippen MR) is 101 cm³/mol. The summed E-state index contributed by atoms with van der Waals surface area (Å²) in [6.07, 6.45) is 1.65. The number of aryl methyl sites for hydroxylation is 1. The van der Waals surface area contributed by atoms with Crippen LogP contribution in [-0.4, -0.2) is 24.2 Å². The van der Waals surface area contributed by atoms with Crippen molar-refractivity contribution in [1.82, 2.24) is 5.32 Å². The molecule has 1 aliphatic rings. The molecule has 0 aromatic heterocycles. The van der Waals surface area contributed by atoms with Crippen molar-refractivity contribution in [1.29, 1.82) is 5.41 Å². The third kappa shape index (κ3) is 3.94. The smallest absolute Gasteiger partial charge is 0.343 e. The summed E-state index contributed by atoms with van der Waals surface area (Å²) in [7, 11) is 1.47. The van der Waals surface area contributed by atoms with Crippen molar-refractivity contribution in [3.63, 3.8) is 0 Å². The Hall–Kier alpha value is -3.06. The molecule has 3 rings (SSSR count). The fourth-order valence-electron chi connectivity index (χ4n) is 2.30. The first-order valence-electron chi connectivity index (χ1n) is 7.72. The molecule has 0 aliphatic carbocycles. The molecule has 2 aromatic rings. The van der Waals surface area contributed by atoms with Gasteiger partial charge in [0.05, 0.1) is 17.6 Å². The minimum atomic E-state index is -0.478. The molecule has 0 bridgehead atoms. The zero-order valence-electron chi connectivity index (χ0n) is 14.2. The van der Waals surface area contributed by atoms with E-state index in [2.05, 4.69) is 5.32 Å². The molecule has 0 spiro atoms. The maximum Gasteiger partial charge on any atom is 0.343 e. The zero-order valence-corrected chi connectivity index (χ0v) is 15.0. The van der Waals surface area contributed by atoms with Gasteiger partial charge in [0.1, 0.15) is 0 Å². The van der Waals surface area contributed by atoms with Crippen LogP contribution in [0.3, 0.4) is 0 Å². The summed E-state index contributed by atoms with van der Waals surface area (Å²) in [5.41, 5.74) is 2.20. The minimum Gasteiger partial charge on any atom is -0.493 e. The third-order valence-electron chi connectivity index (χ3n) is 3.64. The van der Waals surface area contributed by atoms with Crippen LogP contribution in [0, 0.1) is 12.3 Å². The van der Waals surface area contributed by atoms with Gasteiger partial charge in [-0.25, -0.2) is 4.79 Å². The quantitative estimate of drug-likeness (QED) is 0.491. The van der Waals surface area contributed by atoms with Crippen LogP contribution in [0.2, 0.25) is 0 Å². The first-order valence-corrected chi connectivity index (χ1v) is 8.54. The van der Waals surface area contributed by atoms with Gasteiger partial charge in [-0.3, -0.25) is 10.2 Å². The number of ether oxygens (including phenoxy) is 2. The van der Waals surface area contributed by atoms with Crippen LogP contribution in [-0.2, 0) is 4.79 Å². The monoisotopic (exact) mass is 368 g/mol. The molecule has 1 aliphatic heterocycles. The lowest BCUT2D eigenvalue weighted by Crippen LogP contribution is -2.18. The Balaban J connectivity index is 1.82. The number of carbonyl (C=O) groups excluding carboxylic acids is 2. The molecule has 0 saturated carbocycles. The Morgan fingerprint density at radius 2 is 1.88 bits per heavy atom. The Bertz CT molecular complexity index is 920. The molecule has 1 fully saturated rings. The lowest BCUT2D eigenvalue weighted by Gasteiger charge is -2.10. The summed E-state index contributed by atoms with van der Waals surface area (Å²) >= 11 is 1.05. The van der Waals surface area contributed by atoms with E-state index < -0.39 is 5.97 Å². The van der Waals surface area contributed by atoms with Crippen molar-refractivity contribution in [2.45, 2.75) is 6.92 Å². The van der Waals surface area contributed by atoms with E-state index in [-0.39, 0.29) is 16.8 Å². The first kappa shape index (κ1) is 17.8. The third-order valence-corrected chi connectivity index (χ3v) is 4.47. The summed E-state index contributed by atoms with van der Waals surface area (Å²) in [5.74, 6) is -0.128. The highest BCUT2D eigenvalue weighted by Crippen LogP contribution is 2.31. The Morgan fingerprint density at radius 3 is 2.50 bits per heavy atom. The molecule has 0 unspecified atom stereocenters. The number of hydrogen-bond acceptors (Lipinski definition) is 6. The molecule has 7 heteroatoms. The first-order chi connectivity index (χ1) is 12.5. The number of thioether (sulfide) groups is 1. The highest BCUT2D eigenvalue weighted by atomic mass is 32.2. The Morgan fingerprint density at radius 1 is 1.15 bits per heavy atom. The normalized spacial score (nSPS) is 15.1. The second-order valence-corrected chi connectivity index (χ2v) is 6.61. The number of amides is 1. The van der Waals surface area contributed by atoms with Gasteiger partial charge in [-0.15, -0.1) is 0 Å². The largest absolute Gasteiger partial charge is 0.493 e. The second kappa shape index (κ2) is 7.45. The van der Waals surface area contributed by atoms with Crippen LogP contribution in [0.1, 0.15) is 21.5 Å². The van der Waals surface area contributed by atoms with Crippen LogP contribution in [0.25, 0.3) is 6.08 Å². The Labute approximate surface area is 154 Å². The van der Waals surface area contributed by atoms with Gasteiger partial charge < -0.3 is 14.8 Å². The second-order valence-electron chi connectivity index (χ2n) is 5.56. The van der Waals surface area contributed by atoms with E-state index in [0.717, 1.165) is 17.3 Å². The van der Waals surface area contributed by atoms with E-state index in [1.165, 1.54) is 7.11 Å². The number of rotatable bonds is 4. The van der Waals surface area contributed by atoms with Crippen LogP contribution in [0.15, 0.2) is 47.4 Å². The van der Waals surface area contributed by atoms with E-state index >= 15 is 0 Å². The number of amidine groups is 1. The van der Waals surface area contributed by atoms with E-state index in [9.17, 15) is 9.59 Å². The number of benzene rings is 2. The van der Waals surface area contributed by atoms with E-state index in [1.807, 2.05) is 19.1 Å². The maximum absolute atomic E-state index is 12.3. The lowest BCUT2D eigenvalue weighted by atomic mass is 10.1. The molecule has 0 radical (unpaired) electrons. The van der Waals surface area contributed by atoms with E-state index in [4.69, 9.17) is 14.9 Å². The van der Waals surface area contributed by atoms with Crippen molar-refractivity contribution in [3.05, 3.63) is 64.1 Å². The summed E-state index contributed by atoms with van der Waals surface area (Å²) in [5, 5.41) is 9.98. The summed E-state index contributed by atoms with van der Waals surface area (Å²) in [4.78, 5) is 24.4. The Kier molecular flexibility index (Phi) is 5.09. The molecule has 1 saturated heterocycles. The van der Waals surface area contributed by atoms with Gasteiger partial charge in [-0.2, -0.15) is 0 Å². The van der Waals surface area contributed by atoms with Gasteiger partial charge >= 0.3 is 5.97 Å². The van der Waals surface area contributed by atoms with Crippen molar-refractivity contribution in [3.8, 4) is 11.5 Å². The van der Waals surface area contributed by atoms with Gasteiger partial charge in [0.2, 0.25) is 0 Å². The lowest BCUT2D eigenvalue weighted by molar-refractivity contribution is -0.115. The van der Waals surface area contributed by atoms with Crippen LogP contribution in [0.5, 0.6) is 11.5 Å². The molecular weight excluding hydrogens is 352 g/mol. The topological polar surface area (TPSA) is 88.5 Å². The van der Waals surface area contributed by atoms with Gasteiger partial charge in [0.15, 0.2) is 16.7 Å². The number of carbonyl (C=O) groups is 2. The zero-order chi connectivity index (χ0) is 18.7. The maximum atomic E-state index is 12.3.